The van der Waals surface area contributed by atoms with Crippen LogP contribution in [-0.2, 0) is 21.4 Å². The summed E-state index contributed by atoms with van der Waals surface area (Å²) in [6.07, 6.45) is 4.87. The van der Waals surface area contributed by atoms with E-state index in [9.17, 15) is 18.0 Å². The topological polar surface area (TPSA) is 101 Å². The Balaban J connectivity index is 1.96. The SMILES string of the molecule is CC[C@H](C)NC(=O)Cn1c(=O)ncc2cc(S(=O)(=O)N3CCCC[C@@H]3C)ccc21. The number of benzene rings is 1. The second-order valence-corrected chi connectivity index (χ2v) is 9.58. The van der Waals surface area contributed by atoms with Crippen molar-refractivity contribution in [2.45, 2.75) is 70.0 Å². The molecular formula is C20H28N4O4S. The fourth-order valence-corrected chi connectivity index (χ4v) is 5.36. The van der Waals surface area contributed by atoms with E-state index in [1.807, 2.05) is 20.8 Å². The van der Waals surface area contributed by atoms with Gasteiger partial charge in [0, 0.05) is 30.2 Å². The van der Waals surface area contributed by atoms with Gasteiger partial charge in [0.15, 0.2) is 0 Å². The van der Waals surface area contributed by atoms with E-state index in [-0.39, 0.29) is 29.4 Å². The van der Waals surface area contributed by atoms with Gasteiger partial charge in [-0.3, -0.25) is 9.36 Å². The Hall–Kier alpha value is -2.26. The minimum Gasteiger partial charge on any atom is -0.352 e. The largest absolute Gasteiger partial charge is 0.352 e. The van der Waals surface area contributed by atoms with Crippen molar-refractivity contribution >= 4 is 26.8 Å². The number of fused-ring (bicyclic) bond motifs is 1. The number of amides is 1. The van der Waals surface area contributed by atoms with Crippen molar-refractivity contribution in [1.29, 1.82) is 0 Å². The summed E-state index contributed by atoms with van der Waals surface area (Å²) in [7, 11) is -3.63. The summed E-state index contributed by atoms with van der Waals surface area (Å²) < 4.78 is 29.0. The van der Waals surface area contributed by atoms with Crippen molar-refractivity contribution in [2.24, 2.45) is 0 Å². The average Bonchev–Trinajstić information content (AvgIpc) is 2.69. The molecule has 0 saturated carbocycles. The van der Waals surface area contributed by atoms with Crippen LogP contribution in [-0.4, -0.2) is 46.8 Å². The van der Waals surface area contributed by atoms with E-state index in [1.54, 1.807) is 10.4 Å². The molecule has 1 aromatic carbocycles. The number of hydrogen-bond acceptors (Lipinski definition) is 5. The fourth-order valence-electron chi connectivity index (χ4n) is 3.62. The third-order valence-corrected chi connectivity index (χ3v) is 7.51. The van der Waals surface area contributed by atoms with E-state index in [2.05, 4.69) is 10.3 Å². The predicted molar refractivity (Wildman–Crippen MR) is 111 cm³/mol. The fraction of sp³-hybridized carbons (Fsp3) is 0.550. The second kappa shape index (κ2) is 8.62. The summed E-state index contributed by atoms with van der Waals surface area (Å²) in [5.74, 6) is -0.283. The number of hydrogen-bond donors (Lipinski definition) is 1. The molecule has 1 aliphatic heterocycles. The lowest BCUT2D eigenvalue weighted by Crippen LogP contribution is -2.41. The molecule has 1 aromatic heterocycles. The molecule has 1 saturated heterocycles. The second-order valence-electron chi connectivity index (χ2n) is 7.68. The van der Waals surface area contributed by atoms with Gasteiger partial charge >= 0.3 is 5.69 Å². The zero-order valence-corrected chi connectivity index (χ0v) is 17.9. The van der Waals surface area contributed by atoms with Crippen molar-refractivity contribution in [3.63, 3.8) is 0 Å². The molecule has 0 bridgehead atoms. The first-order valence-corrected chi connectivity index (χ1v) is 11.5. The van der Waals surface area contributed by atoms with Gasteiger partial charge in [-0.25, -0.2) is 18.2 Å². The first-order valence-electron chi connectivity index (χ1n) is 10.0. The highest BCUT2D eigenvalue weighted by molar-refractivity contribution is 7.89. The third-order valence-electron chi connectivity index (χ3n) is 5.50. The lowest BCUT2D eigenvalue weighted by Gasteiger charge is -2.32. The molecule has 0 radical (unpaired) electrons. The van der Waals surface area contributed by atoms with E-state index >= 15 is 0 Å². The third kappa shape index (κ3) is 4.51. The molecule has 3 rings (SSSR count). The van der Waals surface area contributed by atoms with Crippen LogP contribution in [0.5, 0.6) is 0 Å². The number of carbonyl (C=O) groups is 1. The number of nitrogens with zero attached hydrogens (tertiary/aromatic N) is 3. The van der Waals surface area contributed by atoms with Crippen molar-refractivity contribution in [1.82, 2.24) is 19.2 Å². The van der Waals surface area contributed by atoms with Crippen LogP contribution in [0.25, 0.3) is 10.9 Å². The molecule has 0 spiro atoms. The molecule has 2 heterocycles. The Kier molecular flexibility index (Phi) is 6.38. The minimum atomic E-state index is -3.63. The molecule has 1 fully saturated rings. The van der Waals surface area contributed by atoms with Crippen molar-refractivity contribution in [3.8, 4) is 0 Å². The zero-order chi connectivity index (χ0) is 21.2. The van der Waals surface area contributed by atoms with Crippen molar-refractivity contribution in [3.05, 3.63) is 34.9 Å². The zero-order valence-electron chi connectivity index (χ0n) is 17.1. The van der Waals surface area contributed by atoms with E-state index < -0.39 is 15.7 Å². The van der Waals surface area contributed by atoms with E-state index in [4.69, 9.17) is 0 Å². The standard InChI is InChI=1S/C20H28N4O4S/c1-4-14(2)22-19(25)13-23-18-9-8-17(11-16(18)12-21-20(23)26)29(27,28)24-10-6-5-7-15(24)3/h8-9,11-12,14-15H,4-7,10,13H2,1-3H3,(H,22,25)/t14-,15-/m0/s1. The minimum absolute atomic E-state index is 0.00409. The number of aromatic nitrogens is 2. The summed E-state index contributed by atoms with van der Waals surface area (Å²) >= 11 is 0. The quantitative estimate of drug-likeness (QED) is 0.769. The summed E-state index contributed by atoms with van der Waals surface area (Å²) in [5.41, 5.74) is -0.0630. The van der Waals surface area contributed by atoms with E-state index in [0.717, 1.165) is 25.7 Å². The molecule has 9 heteroatoms. The molecule has 1 N–H and O–H groups in total. The average molecular weight is 421 g/mol. The van der Waals surface area contributed by atoms with Crippen LogP contribution in [0.15, 0.2) is 34.1 Å². The van der Waals surface area contributed by atoms with Gasteiger partial charge in [0.05, 0.1) is 10.4 Å². The predicted octanol–water partition coefficient (Wildman–Crippen LogP) is 1.87. The van der Waals surface area contributed by atoms with Crippen LogP contribution in [0.3, 0.4) is 0 Å². The maximum Gasteiger partial charge on any atom is 0.348 e. The normalized spacial score (nSPS) is 19.2. The molecule has 1 amide bonds. The Morgan fingerprint density at radius 2 is 2.10 bits per heavy atom. The number of nitrogens with one attached hydrogen (secondary N) is 1. The number of rotatable bonds is 6. The number of piperidine rings is 1. The maximum atomic E-state index is 13.1. The summed E-state index contributed by atoms with van der Waals surface area (Å²) in [6.45, 7) is 6.12. The molecule has 29 heavy (non-hydrogen) atoms. The first-order chi connectivity index (χ1) is 13.7. The first kappa shape index (κ1) is 21.4. The molecule has 0 unspecified atom stereocenters. The Morgan fingerprint density at radius 3 is 2.79 bits per heavy atom. The lowest BCUT2D eigenvalue weighted by molar-refractivity contribution is -0.122. The lowest BCUT2D eigenvalue weighted by atomic mass is 10.1. The van der Waals surface area contributed by atoms with Gasteiger partial charge in [-0.05, 0) is 51.3 Å². The van der Waals surface area contributed by atoms with Crippen LogP contribution < -0.4 is 11.0 Å². The maximum absolute atomic E-state index is 13.1. The Bertz CT molecular complexity index is 1060. The molecule has 158 valence electrons. The van der Waals surface area contributed by atoms with Gasteiger partial charge in [-0.2, -0.15) is 4.31 Å². The van der Waals surface area contributed by atoms with Gasteiger partial charge in [-0.1, -0.05) is 13.3 Å². The molecule has 2 atom stereocenters. The van der Waals surface area contributed by atoms with Crippen molar-refractivity contribution < 1.29 is 13.2 Å². The van der Waals surface area contributed by atoms with E-state index in [1.165, 1.54) is 22.9 Å². The molecule has 2 aromatic rings. The van der Waals surface area contributed by atoms with Crippen LogP contribution >= 0.6 is 0 Å². The Labute approximate surface area is 171 Å². The number of sulfonamides is 1. The summed E-state index contributed by atoms with van der Waals surface area (Å²) in [5, 5.41) is 3.33. The smallest absolute Gasteiger partial charge is 0.348 e. The summed E-state index contributed by atoms with van der Waals surface area (Å²) in [6, 6.07) is 4.57. The molecule has 0 aliphatic carbocycles. The molecule has 1 aliphatic rings. The van der Waals surface area contributed by atoms with Crippen LogP contribution in [0, 0.1) is 0 Å². The monoisotopic (exact) mass is 420 g/mol. The van der Waals surface area contributed by atoms with E-state index in [0.29, 0.717) is 17.4 Å². The highest BCUT2D eigenvalue weighted by atomic mass is 32.2. The van der Waals surface area contributed by atoms with Crippen LogP contribution in [0.1, 0.15) is 46.5 Å². The highest BCUT2D eigenvalue weighted by Gasteiger charge is 2.31. The number of carbonyl (C=O) groups excluding carboxylic acids is 1. The van der Waals surface area contributed by atoms with Gasteiger partial charge < -0.3 is 5.32 Å². The molecular weight excluding hydrogens is 392 g/mol. The van der Waals surface area contributed by atoms with Gasteiger partial charge in [0.25, 0.3) is 0 Å². The summed E-state index contributed by atoms with van der Waals surface area (Å²) in [4.78, 5) is 28.5. The van der Waals surface area contributed by atoms with Crippen LogP contribution in [0.4, 0.5) is 0 Å². The van der Waals surface area contributed by atoms with Gasteiger partial charge in [-0.15, -0.1) is 0 Å². The Morgan fingerprint density at radius 1 is 1.34 bits per heavy atom. The van der Waals surface area contributed by atoms with Crippen LogP contribution in [0.2, 0.25) is 0 Å². The van der Waals surface area contributed by atoms with Gasteiger partial charge in [0.1, 0.15) is 6.54 Å². The highest BCUT2D eigenvalue weighted by Crippen LogP contribution is 2.26. The van der Waals surface area contributed by atoms with Gasteiger partial charge in [0.2, 0.25) is 15.9 Å². The van der Waals surface area contributed by atoms with Crippen molar-refractivity contribution in [2.75, 3.05) is 6.54 Å². The molecule has 8 nitrogen and oxygen atoms in total.